The third-order valence-corrected chi connectivity index (χ3v) is 5.94. The lowest BCUT2D eigenvalue weighted by atomic mass is 9.87. The van der Waals surface area contributed by atoms with Crippen LogP contribution in [0.1, 0.15) is 53.4 Å². The first-order valence-corrected chi connectivity index (χ1v) is 8.22. The van der Waals surface area contributed by atoms with E-state index in [9.17, 15) is 0 Å². The Hall–Kier alpha value is -0.160. The molecule has 1 spiro atoms. The van der Waals surface area contributed by atoms with Gasteiger partial charge in [0, 0.05) is 26.6 Å². The number of hydrogen-bond acceptors (Lipinski definition) is 4. The quantitative estimate of drug-likeness (QED) is 0.799. The van der Waals surface area contributed by atoms with Crippen molar-refractivity contribution in [1.82, 2.24) is 0 Å². The second-order valence-corrected chi connectivity index (χ2v) is 8.00. The Bertz CT molecular complexity index is 380. The number of ether oxygens (including phenoxy) is 4. The Morgan fingerprint density at radius 3 is 1.95 bits per heavy atom. The van der Waals surface area contributed by atoms with Gasteiger partial charge in [-0.15, -0.1) is 0 Å². The van der Waals surface area contributed by atoms with Crippen molar-refractivity contribution in [2.75, 3.05) is 14.2 Å². The molecule has 0 aromatic heterocycles. The van der Waals surface area contributed by atoms with Crippen molar-refractivity contribution < 1.29 is 18.9 Å². The molecular weight excluding hydrogens is 268 g/mol. The van der Waals surface area contributed by atoms with Gasteiger partial charge in [-0.1, -0.05) is 0 Å². The lowest BCUT2D eigenvalue weighted by Gasteiger charge is -2.38. The molecule has 0 bridgehead atoms. The van der Waals surface area contributed by atoms with Crippen LogP contribution in [-0.4, -0.2) is 43.4 Å². The van der Waals surface area contributed by atoms with Crippen molar-refractivity contribution in [3.8, 4) is 0 Å². The number of rotatable bonds is 4. The van der Waals surface area contributed by atoms with Crippen LogP contribution in [0.15, 0.2) is 0 Å². The number of methoxy groups -OCH3 is 2. The van der Waals surface area contributed by atoms with Gasteiger partial charge in [0.15, 0.2) is 5.79 Å². The molecule has 1 saturated heterocycles. The van der Waals surface area contributed by atoms with Crippen LogP contribution in [0.25, 0.3) is 0 Å². The zero-order valence-corrected chi connectivity index (χ0v) is 14.3. The summed E-state index contributed by atoms with van der Waals surface area (Å²) in [5.41, 5.74) is -0.794. The average Bonchev–Trinajstić information content (AvgIpc) is 3.14. The first-order chi connectivity index (χ1) is 9.76. The van der Waals surface area contributed by atoms with E-state index in [1.165, 1.54) is 19.3 Å². The summed E-state index contributed by atoms with van der Waals surface area (Å²) < 4.78 is 24.6. The van der Waals surface area contributed by atoms with E-state index in [-0.39, 0.29) is 12.2 Å². The van der Waals surface area contributed by atoms with Gasteiger partial charge in [-0.3, -0.25) is 0 Å². The smallest absolute Gasteiger partial charge is 0.172 e. The van der Waals surface area contributed by atoms with Crippen LogP contribution in [0.4, 0.5) is 0 Å². The molecule has 21 heavy (non-hydrogen) atoms. The lowest BCUT2D eigenvalue weighted by Crippen LogP contribution is -2.53. The molecule has 0 N–H and O–H groups in total. The Kier molecular flexibility index (Phi) is 3.68. The Morgan fingerprint density at radius 2 is 1.48 bits per heavy atom. The second kappa shape index (κ2) is 4.92. The first kappa shape index (κ1) is 15.7. The maximum Gasteiger partial charge on any atom is 0.172 e. The normalized spacial score (nSPS) is 38.6. The van der Waals surface area contributed by atoms with Gasteiger partial charge >= 0.3 is 0 Å². The van der Waals surface area contributed by atoms with Crippen molar-refractivity contribution in [1.29, 1.82) is 0 Å². The molecule has 3 rings (SSSR count). The van der Waals surface area contributed by atoms with E-state index in [1.54, 1.807) is 14.2 Å². The van der Waals surface area contributed by atoms with Crippen molar-refractivity contribution in [2.45, 2.75) is 82.6 Å². The highest BCUT2D eigenvalue weighted by Crippen LogP contribution is 2.61. The van der Waals surface area contributed by atoms with Gasteiger partial charge in [0.25, 0.3) is 0 Å². The van der Waals surface area contributed by atoms with Gasteiger partial charge in [0.05, 0.1) is 11.2 Å². The van der Waals surface area contributed by atoms with Crippen LogP contribution < -0.4 is 0 Å². The standard InChI is InChI=1S/C17H30O4/c1-15(2,18-5)13-14(16(3,4)19-6)21-17(20-13)9-7-8-11-10-12(11)17/h11-14H,7-10H2,1-6H3/t11-,12+,13+,14+/m1/s1. The van der Waals surface area contributed by atoms with Crippen LogP contribution in [0.3, 0.4) is 0 Å². The molecule has 4 atom stereocenters. The third kappa shape index (κ3) is 2.44. The molecule has 0 radical (unpaired) electrons. The predicted octanol–water partition coefficient (Wildman–Crippen LogP) is 3.14. The van der Waals surface area contributed by atoms with Crippen molar-refractivity contribution in [3.05, 3.63) is 0 Å². The molecule has 0 aromatic rings. The molecule has 0 aromatic carbocycles. The molecule has 4 nitrogen and oxygen atoms in total. The van der Waals surface area contributed by atoms with E-state index in [0.717, 1.165) is 12.3 Å². The number of fused-ring (bicyclic) bond motifs is 2. The molecule has 2 saturated carbocycles. The maximum atomic E-state index is 6.57. The molecule has 1 aliphatic heterocycles. The zero-order valence-electron chi connectivity index (χ0n) is 14.3. The summed E-state index contributed by atoms with van der Waals surface area (Å²) in [4.78, 5) is 0. The van der Waals surface area contributed by atoms with E-state index < -0.39 is 17.0 Å². The van der Waals surface area contributed by atoms with Gasteiger partial charge < -0.3 is 18.9 Å². The molecule has 4 heteroatoms. The molecule has 1 heterocycles. The summed E-state index contributed by atoms with van der Waals surface area (Å²) in [6, 6.07) is 0. The van der Waals surface area contributed by atoms with Crippen LogP contribution in [-0.2, 0) is 18.9 Å². The van der Waals surface area contributed by atoms with E-state index in [4.69, 9.17) is 18.9 Å². The van der Waals surface area contributed by atoms with E-state index >= 15 is 0 Å². The van der Waals surface area contributed by atoms with Crippen LogP contribution >= 0.6 is 0 Å². The molecular formula is C17H30O4. The fourth-order valence-electron chi connectivity index (χ4n) is 4.02. The van der Waals surface area contributed by atoms with Gasteiger partial charge in [-0.05, 0) is 52.9 Å². The minimum Gasteiger partial charge on any atom is -0.376 e. The minimum absolute atomic E-state index is 0.114. The van der Waals surface area contributed by atoms with Crippen LogP contribution in [0.5, 0.6) is 0 Å². The Balaban J connectivity index is 1.90. The largest absolute Gasteiger partial charge is 0.376 e. The van der Waals surface area contributed by atoms with Gasteiger partial charge in [-0.2, -0.15) is 0 Å². The van der Waals surface area contributed by atoms with Crippen molar-refractivity contribution >= 4 is 0 Å². The van der Waals surface area contributed by atoms with Crippen molar-refractivity contribution in [3.63, 3.8) is 0 Å². The summed E-state index contributed by atoms with van der Waals surface area (Å²) >= 11 is 0. The molecule has 0 unspecified atom stereocenters. The summed E-state index contributed by atoms with van der Waals surface area (Å²) in [6.07, 6.45) is 4.55. The van der Waals surface area contributed by atoms with Crippen molar-refractivity contribution in [2.24, 2.45) is 11.8 Å². The highest BCUT2D eigenvalue weighted by atomic mass is 16.8. The van der Waals surface area contributed by atoms with Gasteiger partial charge in [-0.25, -0.2) is 0 Å². The third-order valence-electron chi connectivity index (χ3n) is 5.94. The predicted molar refractivity (Wildman–Crippen MR) is 80.1 cm³/mol. The lowest BCUT2D eigenvalue weighted by molar-refractivity contribution is -0.225. The topological polar surface area (TPSA) is 36.9 Å². The van der Waals surface area contributed by atoms with Crippen LogP contribution in [0.2, 0.25) is 0 Å². The Labute approximate surface area is 128 Å². The maximum absolute atomic E-state index is 6.57. The zero-order chi connectivity index (χ0) is 15.5. The Morgan fingerprint density at radius 1 is 0.952 bits per heavy atom. The average molecular weight is 298 g/mol. The first-order valence-electron chi connectivity index (χ1n) is 8.22. The molecule has 3 aliphatic rings. The monoisotopic (exact) mass is 298 g/mol. The highest BCUT2D eigenvalue weighted by molar-refractivity contribution is 5.09. The fraction of sp³-hybridized carbons (Fsp3) is 1.00. The van der Waals surface area contributed by atoms with Crippen LogP contribution in [0, 0.1) is 11.8 Å². The molecule has 2 aliphatic carbocycles. The van der Waals surface area contributed by atoms with E-state index in [0.29, 0.717) is 5.92 Å². The summed E-state index contributed by atoms with van der Waals surface area (Å²) in [5.74, 6) is 0.970. The second-order valence-electron chi connectivity index (χ2n) is 8.00. The SMILES string of the molecule is COC(C)(C)[C@H]1OC2(CCC[C@@H]3C[C@@H]32)O[C@@H]1C(C)(C)OC. The fourth-order valence-corrected chi connectivity index (χ4v) is 4.02. The van der Waals surface area contributed by atoms with Gasteiger partial charge in [0.1, 0.15) is 12.2 Å². The van der Waals surface area contributed by atoms with E-state index in [2.05, 4.69) is 27.7 Å². The summed E-state index contributed by atoms with van der Waals surface area (Å²) in [5, 5.41) is 0. The molecule has 3 fully saturated rings. The summed E-state index contributed by atoms with van der Waals surface area (Å²) in [6.45, 7) is 8.30. The number of hydrogen-bond donors (Lipinski definition) is 0. The van der Waals surface area contributed by atoms with Gasteiger partial charge in [0.2, 0.25) is 0 Å². The van der Waals surface area contributed by atoms with E-state index in [1.807, 2.05) is 0 Å². The summed E-state index contributed by atoms with van der Waals surface area (Å²) in [7, 11) is 3.48. The minimum atomic E-state index is -0.399. The highest BCUT2D eigenvalue weighted by Gasteiger charge is 2.66. The molecule has 122 valence electrons. The molecule has 0 amide bonds.